The summed E-state index contributed by atoms with van der Waals surface area (Å²) in [6.45, 7) is 4.89. The first kappa shape index (κ1) is 21.1. The van der Waals surface area contributed by atoms with Crippen molar-refractivity contribution in [3.8, 4) is 0 Å². The number of benzene rings is 2. The molecule has 2 heterocycles. The Hall–Kier alpha value is -2.73. The third kappa shape index (κ3) is 4.29. The first-order chi connectivity index (χ1) is 15.5. The zero-order chi connectivity index (χ0) is 22.2. The summed E-state index contributed by atoms with van der Waals surface area (Å²) >= 11 is 0. The SMILES string of the molecule is C[C@H](CC(=O)C1C[C@H]1c1ccccc1)CN1CCC(n2c(=O)[nH]c3cc(F)ccc32)CC1. The topological polar surface area (TPSA) is 58.1 Å². The standard InChI is InChI=1S/C26H30FN3O2/c1-17(13-25(31)22-15-21(22)18-5-3-2-4-6-18)16-29-11-9-20(10-12-29)30-24-8-7-19(27)14-23(24)28-26(30)32/h2-8,14,17,20-22H,9-13,15-16H2,1H3,(H,28,32)/t17-,21+,22?/m1/s1. The number of carbonyl (C=O) groups is 1. The summed E-state index contributed by atoms with van der Waals surface area (Å²) in [7, 11) is 0. The third-order valence-electron chi connectivity index (χ3n) is 7.15. The average molecular weight is 436 g/mol. The second-order valence-electron chi connectivity index (χ2n) is 9.63. The zero-order valence-corrected chi connectivity index (χ0v) is 18.5. The number of piperidine rings is 1. The molecule has 2 aromatic carbocycles. The van der Waals surface area contributed by atoms with Crippen molar-refractivity contribution < 1.29 is 9.18 Å². The van der Waals surface area contributed by atoms with Crippen LogP contribution in [0.3, 0.4) is 0 Å². The van der Waals surface area contributed by atoms with Crippen LogP contribution in [0, 0.1) is 17.7 Å². The molecule has 0 bridgehead atoms. The molecule has 1 unspecified atom stereocenters. The number of H-pyrrole nitrogens is 1. The highest BCUT2D eigenvalue weighted by Crippen LogP contribution is 2.48. The van der Waals surface area contributed by atoms with Gasteiger partial charge < -0.3 is 9.88 Å². The van der Waals surface area contributed by atoms with Crippen molar-refractivity contribution in [3.05, 3.63) is 70.4 Å². The van der Waals surface area contributed by atoms with Gasteiger partial charge in [0.25, 0.3) is 0 Å². The van der Waals surface area contributed by atoms with Crippen molar-refractivity contribution in [2.24, 2.45) is 11.8 Å². The lowest BCUT2D eigenvalue weighted by molar-refractivity contribution is -0.121. The van der Waals surface area contributed by atoms with Gasteiger partial charge in [-0.3, -0.25) is 9.36 Å². The summed E-state index contributed by atoms with van der Waals surface area (Å²) in [4.78, 5) is 30.4. The second-order valence-corrected chi connectivity index (χ2v) is 9.63. The van der Waals surface area contributed by atoms with Gasteiger partial charge in [0.2, 0.25) is 0 Å². The number of imidazole rings is 1. The molecule has 1 saturated carbocycles. The number of nitrogens with zero attached hydrogens (tertiary/aromatic N) is 2. The first-order valence-corrected chi connectivity index (χ1v) is 11.7. The molecular weight excluding hydrogens is 405 g/mol. The largest absolute Gasteiger partial charge is 0.326 e. The molecule has 2 fully saturated rings. The molecule has 3 atom stereocenters. The van der Waals surface area contributed by atoms with Crippen LogP contribution < -0.4 is 5.69 Å². The summed E-state index contributed by atoms with van der Waals surface area (Å²) in [6, 6.07) is 14.9. The van der Waals surface area contributed by atoms with Crippen LogP contribution in [0.1, 0.15) is 50.1 Å². The van der Waals surface area contributed by atoms with Crippen LogP contribution in [-0.4, -0.2) is 39.9 Å². The molecule has 1 aromatic heterocycles. The van der Waals surface area contributed by atoms with Crippen molar-refractivity contribution in [1.82, 2.24) is 14.5 Å². The fourth-order valence-corrected chi connectivity index (χ4v) is 5.45. The van der Waals surface area contributed by atoms with Crippen LogP contribution in [-0.2, 0) is 4.79 Å². The molecule has 3 aromatic rings. The molecule has 6 heteroatoms. The number of carbonyl (C=O) groups excluding carboxylic acids is 1. The van der Waals surface area contributed by atoms with Gasteiger partial charge in [-0.25, -0.2) is 9.18 Å². The molecule has 0 radical (unpaired) electrons. The highest BCUT2D eigenvalue weighted by molar-refractivity contribution is 5.85. The number of hydrogen-bond donors (Lipinski definition) is 1. The van der Waals surface area contributed by atoms with Crippen molar-refractivity contribution in [3.63, 3.8) is 0 Å². The quantitative estimate of drug-likeness (QED) is 0.594. The number of ketones is 1. The lowest BCUT2D eigenvalue weighted by Crippen LogP contribution is -2.39. The van der Waals surface area contributed by atoms with Crippen LogP contribution in [0.2, 0.25) is 0 Å². The number of hydrogen-bond acceptors (Lipinski definition) is 3. The van der Waals surface area contributed by atoms with E-state index in [1.54, 1.807) is 10.6 Å². The van der Waals surface area contributed by atoms with E-state index in [2.05, 4.69) is 28.9 Å². The Balaban J connectivity index is 1.13. The fourth-order valence-electron chi connectivity index (χ4n) is 5.45. The Morgan fingerprint density at radius 3 is 2.66 bits per heavy atom. The van der Waals surface area contributed by atoms with E-state index >= 15 is 0 Å². The summed E-state index contributed by atoms with van der Waals surface area (Å²) in [5, 5.41) is 0. The predicted octanol–water partition coefficient (Wildman–Crippen LogP) is 4.50. The third-order valence-corrected chi connectivity index (χ3v) is 7.15. The van der Waals surface area contributed by atoms with Gasteiger partial charge in [0, 0.05) is 38.0 Å². The lowest BCUT2D eigenvalue weighted by Gasteiger charge is -2.34. The molecule has 2 aliphatic rings. The molecule has 168 valence electrons. The molecular formula is C26H30FN3O2. The van der Waals surface area contributed by atoms with E-state index in [4.69, 9.17) is 0 Å². The Bertz CT molecular complexity index is 1160. The molecule has 5 nitrogen and oxygen atoms in total. The predicted molar refractivity (Wildman–Crippen MR) is 123 cm³/mol. The summed E-state index contributed by atoms with van der Waals surface area (Å²) < 4.78 is 15.3. The van der Waals surface area contributed by atoms with Gasteiger partial charge in [0.1, 0.15) is 11.6 Å². The van der Waals surface area contributed by atoms with Gasteiger partial charge in [-0.2, -0.15) is 0 Å². The average Bonchev–Trinajstić information content (AvgIpc) is 3.52. The van der Waals surface area contributed by atoms with Gasteiger partial charge in [0.05, 0.1) is 11.0 Å². The van der Waals surface area contributed by atoms with E-state index in [-0.39, 0.29) is 23.5 Å². The highest BCUT2D eigenvalue weighted by atomic mass is 19.1. The van der Waals surface area contributed by atoms with E-state index < -0.39 is 0 Å². The van der Waals surface area contributed by atoms with Gasteiger partial charge in [-0.05, 0) is 54.9 Å². The van der Waals surface area contributed by atoms with Crippen LogP contribution in [0.5, 0.6) is 0 Å². The van der Waals surface area contributed by atoms with Gasteiger partial charge in [-0.15, -0.1) is 0 Å². The van der Waals surface area contributed by atoms with Gasteiger partial charge in [0.15, 0.2) is 0 Å². The maximum atomic E-state index is 13.5. The van der Waals surface area contributed by atoms with Crippen LogP contribution in [0.15, 0.2) is 53.3 Å². The van der Waals surface area contributed by atoms with E-state index in [0.717, 1.165) is 44.4 Å². The Labute approximate surface area is 187 Å². The van der Waals surface area contributed by atoms with Gasteiger partial charge >= 0.3 is 5.69 Å². The number of Topliss-reactive ketones (excluding diaryl/α,β-unsaturated/α-hetero) is 1. The number of aromatic nitrogens is 2. The molecule has 1 aliphatic heterocycles. The Morgan fingerprint density at radius 1 is 1.16 bits per heavy atom. The van der Waals surface area contributed by atoms with Crippen molar-refractivity contribution >= 4 is 16.8 Å². The lowest BCUT2D eigenvalue weighted by atomic mass is 9.97. The molecule has 5 rings (SSSR count). The maximum absolute atomic E-state index is 13.5. The minimum Gasteiger partial charge on any atom is -0.305 e. The van der Waals surface area contributed by atoms with Crippen LogP contribution in [0.4, 0.5) is 4.39 Å². The smallest absolute Gasteiger partial charge is 0.305 e. The highest BCUT2D eigenvalue weighted by Gasteiger charge is 2.43. The Kier molecular flexibility index (Phi) is 5.72. The fraction of sp³-hybridized carbons (Fsp3) is 0.462. The minimum absolute atomic E-state index is 0.119. The van der Waals surface area contributed by atoms with Gasteiger partial charge in [-0.1, -0.05) is 37.3 Å². The monoisotopic (exact) mass is 435 g/mol. The van der Waals surface area contributed by atoms with Crippen LogP contribution >= 0.6 is 0 Å². The van der Waals surface area contributed by atoms with E-state index in [9.17, 15) is 14.0 Å². The van der Waals surface area contributed by atoms with Crippen molar-refractivity contribution in [2.45, 2.75) is 44.6 Å². The molecule has 1 N–H and O–H groups in total. The maximum Gasteiger partial charge on any atom is 0.326 e. The zero-order valence-electron chi connectivity index (χ0n) is 18.5. The minimum atomic E-state index is -0.342. The molecule has 1 saturated heterocycles. The molecule has 0 spiro atoms. The normalized spacial score (nSPS) is 22.8. The summed E-state index contributed by atoms with van der Waals surface area (Å²) in [6.07, 6.45) is 3.39. The molecule has 0 amide bonds. The van der Waals surface area contributed by atoms with Crippen molar-refractivity contribution in [2.75, 3.05) is 19.6 Å². The number of halogens is 1. The van der Waals surface area contributed by atoms with E-state index in [0.29, 0.717) is 29.6 Å². The first-order valence-electron chi connectivity index (χ1n) is 11.7. The van der Waals surface area contributed by atoms with Crippen molar-refractivity contribution in [1.29, 1.82) is 0 Å². The molecule has 1 aliphatic carbocycles. The number of rotatable bonds is 7. The van der Waals surface area contributed by atoms with Crippen LogP contribution in [0.25, 0.3) is 11.0 Å². The van der Waals surface area contributed by atoms with E-state index in [1.807, 2.05) is 18.2 Å². The van der Waals surface area contributed by atoms with E-state index in [1.165, 1.54) is 17.7 Å². The molecule has 32 heavy (non-hydrogen) atoms. The number of nitrogens with one attached hydrogen (secondary N) is 1. The summed E-state index contributed by atoms with van der Waals surface area (Å²) in [5.41, 5.74) is 2.45. The number of likely N-dealkylation sites (tertiary alicyclic amines) is 1. The second kappa shape index (κ2) is 8.66. The Morgan fingerprint density at radius 2 is 1.91 bits per heavy atom. The number of aromatic amines is 1. The number of fused-ring (bicyclic) bond motifs is 1. The summed E-state index contributed by atoms with van der Waals surface area (Å²) in [5.74, 6) is 0.998.